The molecule has 3 heterocycles. The SMILES string of the molecule is Cc1ccnc(N2CC3CN(C)CC3C2)c1. The molecule has 3 rings (SSSR count). The van der Waals surface area contributed by atoms with Crippen molar-refractivity contribution in [2.75, 3.05) is 38.1 Å². The van der Waals surface area contributed by atoms with Gasteiger partial charge in [-0.15, -0.1) is 0 Å². The molecular weight excluding hydrogens is 198 g/mol. The molecule has 16 heavy (non-hydrogen) atoms. The van der Waals surface area contributed by atoms with Gasteiger partial charge >= 0.3 is 0 Å². The topological polar surface area (TPSA) is 19.4 Å². The summed E-state index contributed by atoms with van der Waals surface area (Å²) in [6.45, 7) is 7.02. The molecule has 0 aliphatic carbocycles. The molecule has 0 saturated carbocycles. The van der Waals surface area contributed by atoms with Crippen molar-refractivity contribution in [3.63, 3.8) is 0 Å². The first-order chi connectivity index (χ1) is 7.72. The van der Waals surface area contributed by atoms with E-state index in [9.17, 15) is 0 Å². The second kappa shape index (κ2) is 3.74. The molecule has 2 unspecified atom stereocenters. The van der Waals surface area contributed by atoms with Crippen LogP contribution in [0.3, 0.4) is 0 Å². The van der Waals surface area contributed by atoms with Crippen molar-refractivity contribution in [1.82, 2.24) is 9.88 Å². The second-order valence-electron chi connectivity index (χ2n) is 5.34. The van der Waals surface area contributed by atoms with Gasteiger partial charge in [0.2, 0.25) is 0 Å². The minimum atomic E-state index is 0.854. The first kappa shape index (κ1) is 10.1. The Balaban J connectivity index is 1.75. The van der Waals surface area contributed by atoms with Crippen LogP contribution >= 0.6 is 0 Å². The number of nitrogens with zero attached hydrogens (tertiary/aromatic N) is 3. The third-order valence-corrected chi connectivity index (χ3v) is 3.89. The summed E-state index contributed by atoms with van der Waals surface area (Å²) in [5, 5.41) is 0. The van der Waals surface area contributed by atoms with Crippen LogP contribution in [0.2, 0.25) is 0 Å². The van der Waals surface area contributed by atoms with Crippen LogP contribution in [0.25, 0.3) is 0 Å². The van der Waals surface area contributed by atoms with Gasteiger partial charge in [0, 0.05) is 32.4 Å². The van der Waals surface area contributed by atoms with Crippen molar-refractivity contribution in [3.05, 3.63) is 23.9 Å². The molecule has 0 aromatic carbocycles. The van der Waals surface area contributed by atoms with Crippen LogP contribution in [-0.4, -0.2) is 43.1 Å². The molecule has 0 radical (unpaired) electrons. The molecule has 0 amide bonds. The molecule has 2 aliphatic rings. The maximum atomic E-state index is 4.48. The fourth-order valence-corrected chi connectivity index (χ4v) is 3.11. The van der Waals surface area contributed by atoms with Gasteiger partial charge in [-0.3, -0.25) is 0 Å². The van der Waals surface area contributed by atoms with Crippen molar-refractivity contribution in [3.8, 4) is 0 Å². The van der Waals surface area contributed by atoms with Gasteiger partial charge in [-0.05, 0) is 43.5 Å². The number of hydrogen-bond donors (Lipinski definition) is 0. The number of likely N-dealkylation sites (tertiary alicyclic amines) is 1. The minimum absolute atomic E-state index is 0.854. The Labute approximate surface area is 97.1 Å². The van der Waals surface area contributed by atoms with Crippen molar-refractivity contribution in [2.45, 2.75) is 6.92 Å². The number of anilines is 1. The predicted octanol–water partition coefficient (Wildman–Crippen LogP) is 1.39. The Morgan fingerprint density at radius 1 is 1.19 bits per heavy atom. The summed E-state index contributed by atoms with van der Waals surface area (Å²) in [5.41, 5.74) is 1.30. The Morgan fingerprint density at radius 2 is 1.88 bits per heavy atom. The molecule has 0 bridgehead atoms. The first-order valence-corrected chi connectivity index (χ1v) is 6.08. The quantitative estimate of drug-likeness (QED) is 0.708. The smallest absolute Gasteiger partial charge is 0.128 e. The largest absolute Gasteiger partial charge is 0.356 e. The monoisotopic (exact) mass is 217 g/mol. The highest BCUT2D eigenvalue weighted by atomic mass is 15.3. The summed E-state index contributed by atoms with van der Waals surface area (Å²) in [5.74, 6) is 2.87. The summed E-state index contributed by atoms with van der Waals surface area (Å²) in [6, 6.07) is 4.26. The lowest BCUT2D eigenvalue weighted by molar-refractivity contribution is 0.387. The van der Waals surface area contributed by atoms with Gasteiger partial charge in [-0.2, -0.15) is 0 Å². The van der Waals surface area contributed by atoms with E-state index in [4.69, 9.17) is 0 Å². The molecule has 1 aromatic heterocycles. The number of aromatic nitrogens is 1. The molecule has 0 N–H and O–H groups in total. The van der Waals surface area contributed by atoms with Crippen LogP contribution in [0.1, 0.15) is 5.56 Å². The third kappa shape index (κ3) is 1.69. The van der Waals surface area contributed by atoms with Crippen LogP contribution in [0, 0.1) is 18.8 Å². The zero-order chi connectivity index (χ0) is 11.1. The Morgan fingerprint density at radius 3 is 2.50 bits per heavy atom. The van der Waals surface area contributed by atoms with Gasteiger partial charge < -0.3 is 9.80 Å². The number of rotatable bonds is 1. The first-order valence-electron chi connectivity index (χ1n) is 6.08. The molecule has 2 aliphatic heterocycles. The molecule has 2 atom stereocenters. The molecule has 86 valence electrons. The van der Waals surface area contributed by atoms with Gasteiger partial charge in [0.15, 0.2) is 0 Å². The lowest BCUT2D eigenvalue weighted by Gasteiger charge is -2.20. The summed E-state index contributed by atoms with van der Waals surface area (Å²) < 4.78 is 0. The van der Waals surface area contributed by atoms with E-state index in [1.54, 1.807) is 0 Å². The van der Waals surface area contributed by atoms with Crippen LogP contribution in [0.15, 0.2) is 18.3 Å². The summed E-state index contributed by atoms with van der Waals surface area (Å²) in [4.78, 5) is 9.39. The second-order valence-corrected chi connectivity index (χ2v) is 5.34. The van der Waals surface area contributed by atoms with Crippen LogP contribution in [-0.2, 0) is 0 Å². The Hall–Kier alpha value is -1.09. The van der Waals surface area contributed by atoms with Crippen LogP contribution < -0.4 is 4.90 Å². The lowest BCUT2D eigenvalue weighted by Crippen LogP contribution is -2.27. The zero-order valence-corrected chi connectivity index (χ0v) is 10.1. The van der Waals surface area contributed by atoms with Crippen LogP contribution in [0.4, 0.5) is 5.82 Å². The molecule has 3 nitrogen and oxygen atoms in total. The number of fused-ring (bicyclic) bond motifs is 1. The van der Waals surface area contributed by atoms with Gasteiger partial charge in [0.05, 0.1) is 0 Å². The van der Waals surface area contributed by atoms with Crippen molar-refractivity contribution in [2.24, 2.45) is 11.8 Å². The number of aryl methyl sites for hydroxylation is 1. The highest BCUT2D eigenvalue weighted by molar-refractivity contribution is 5.42. The van der Waals surface area contributed by atoms with Crippen molar-refractivity contribution in [1.29, 1.82) is 0 Å². The van der Waals surface area contributed by atoms with Crippen LogP contribution in [0.5, 0.6) is 0 Å². The van der Waals surface area contributed by atoms with E-state index in [1.165, 1.54) is 31.7 Å². The molecular formula is C13H19N3. The summed E-state index contributed by atoms with van der Waals surface area (Å²) in [6.07, 6.45) is 1.92. The minimum Gasteiger partial charge on any atom is -0.356 e. The van der Waals surface area contributed by atoms with E-state index >= 15 is 0 Å². The molecule has 2 saturated heterocycles. The zero-order valence-electron chi connectivity index (χ0n) is 10.1. The van der Waals surface area contributed by atoms with Crippen molar-refractivity contribution < 1.29 is 0 Å². The average molecular weight is 217 g/mol. The van der Waals surface area contributed by atoms with Crippen molar-refractivity contribution >= 4 is 5.82 Å². The lowest BCUT2D eigenvalue weighted by atomic mass is 10.0. The van der Waals surface area contributed by atoms with Gasteiger partial charge in [0.1, 0.15) is 5.82 Å². The van der Waals surface area contributed by atoms with E-state index in [0.29, 0.717) is 0 Å². The third-order valence-electron chi connectivity index (χ3n) is 3.89. The van der Waals surface area contributed by atoms with Gasteiger partial charge in [-0.1, -0.05) is 0 Å². The van der Waals surface area contributed by atoms with Gasteiger partial charge in [0.25, 0.3) is 0 Å². The average Bonchev–Trinajstić information content (AvgIpc) is 2.74. The highest BCUT2D eigenvalue weighted by Crippen LogP contribution is 2.32. The Bertz CT molecular complexity index is 377. The maximum Gasteiger partial charge on any atom is 0.128 e. The Kier molecular flexibility index (Phi) is 2.36. The van der Waals surface area contributed by atoms with Gasteiger partial charge in [-0.25, -0.2) is 4.98 Å². The predicted molar refractivity (Wildman–Crippen MR) is 65.7 cm³/mol. The summed E-state index contributed by atoms with van der Waals surface area (Å²) in [7, 11) is 2.23. The summed E-state index contributed by atoms with van der Waals surface area (Å²) >= 11 is 0. The standard InChI is InChI=1S/C13H19N3/c1-10-3-4-14-13(5-10)16-8-11-6-15(2)7-12(11)9-16/h3-5,11-12H,6-9H2,1-2H3. The maximum absolute atomic E-state index is 4.48. The van der Waals surface area contributed by atoms with E-state index in [0.717, 1.165) is 17.7 Å². The van der Waals surface area contributed by atoms with E-state index in [2.05, 4.69) is 40.9 Å². The van der Waals surface area contributed by atoms with E-state index in [1.807, 2.05) is 6.20 Å². The fraction of sp³-hybridized carbons (Fsp3) is 0.615. The number of pyridine rings is 1. The molecule has 1 aromatic rings. The molecule has 0 spiro atoms. The van der Waals surface area contributed by atoms with E-state index in [-0.39, 0.29) is 0 Å². The molecule has 2 fully saturated rings. The number of hydrogen-bond acceptors (Lipinski definition) is 3. The fourth-order valence-electron chi connectivity index (χ4n) is 3.11. The highest BCUT2D eigenvalue weighted by Gasteiger charge is 2.38. The molecule has 3 heteroatoms. The normalized spacial score (nSPS) is 29.8. The van der Waals surface area contributed by atoms with E-state index < -0.39 is 0 Å².